The second-order valence-electron chi connectivity index (χ2n) is 6.49. The number of aryl methyl sites for hydroxylation is 1. The molecule has 4 aromatic rings. The molecule has 0 amide bonds. The highest BCUT2D eigenvalue weighted by molar-refractivity contribution is 9.10. The van der Waals surface area contributed by atoms with E-state index in [1.807, 2.05) is 48.5 Å². The van der Waals surface area contributed by atoms with Gasteiger partial charge in [0, 0.05) is 10.2 Å². The molecule has 0 radical (unpaired) electrons. The second kappa shape index (κ2) is 8.33. The van der Waals surface area contributed by atoms with Gasteiger partial charge >= 0.3 is 0 Å². The minimum absolute atomic E-state index is 0.0341. The summed E-state index contributed by atoms with van der Waals surface area (Å²) >= 11 is 5.04. The average Bonchev–Trinajstić information content (AvgIpc) is 2.74. The molecule has 1 heterocycles. The predicted molar refractivity (Wildman–Crippen MR) is 120 cm³/mol. The molecule has 4 rings (SSSR count). The molecular formula is C23H19BrN2OS. The Morgan fingerprint density at radius 2 is 1.61 bits per heavy atom. The summed E-state index contributed by atoms with van der Waals surface area (Å²) in [6, 6.07) is 23.9. The zero-order valence-corrected chi connectivity index (χ0v) is 17.8. The molecule has 5 heteroatoms. The van der Waals surface area contributed by atoms with Crippen molar-refractivity contribution in [3.8, 4) is 5.69 Å². The number of nitrogens with zero attached hydrogens (tertiary/aromatic N) is 2. The van der Waals surface area contributed by atoms with E-state index in [1.165, 1.54) is 11.1 Å². The highest BCUT2D eigenvalue weighted by atomic mass is 79.9. The molecule has 1 aromatic heterocycles. The van der Waals surface area contributed by atoms with Crippen molar-refractivity contribution in [1.82, 2.24) is 9.55 Å². The van der Waals surface area contributed by atoms with Gasteiger partial charge in [-0.2, -0.15) is 0 Å². The van der Waals surface area contributed by atoms with Crippen LogP contribution in [0.4, 0.5) is 0 Å². The lowest BCUT2D eigenvalue weighted by Crippen LogP contribution is -2.21. The van der Waals surface area contributed by atoms with Crippen molar-refractivity contribution in [1.29, 1.82) is 0 Å². The molecule has 0 bridgehead atoms. The SMILES string of the molecule is CCc1ccc(-n2c(SCc3ccc(Br)cc3)nc3ccccc3c2=O)cc1. The molecule has 0 atom stereocenters. The van der Waals surface area contributed by atoms with Gasteiger partial charge in [0.1, 0.15) is 0 Å². The number of para-hydroxylation sites is 1. The normalized spacial score (nSPS) is 11.1. The maximum atomic E-state index is 13.3. The maximum Gasteiger partial charge on any atom is 0.266 e. The summed E-state index contributed by atoms with van der Waals surface area (Å²) in [6.45, 7) is 2.12. The fraction of sp³-hybridized carbons (Fsp3) is 0.130. The first-order valence-corrected chi connectivity index (χ1v) is 10.9. The summed E-state index contributed by atoms with van der Waals surface area (Å²) in [5.74, 6) is 0.741. The molecule has 0 N–H and O–H groups in total. The molecule has 3 nitrogen and oxygen atoms in total. The van der Waals surface area contributed by atoms with Gasteiger partial charge in [-0.25, -0.2) is 4.98 Å². The van der Waals surface area contributed by atoms with E-state index in [2.05, 4.69) is 47.1 Å². The summed E-state index contributed by atoms with van der Waals surface area (Å²) in [5.41, 5.74) is 3.97. The number of halogens is 1. The summed E-state index contributed by atoms with van der Waals surface area (Å²) in [4.78, 5) is 18.1. The minimum Gasteiger partial charge on any atom is -0.268 e. The Morgan fingerprint density at radius 3 is 2.32 bits per heavy atom. The number of benzene rings is 3. The Hall–Kier alpha value is -2.37. The molecule has 0 unspecified atom stereocenters. The van der Waals surface area contributed by atoms with Gasteiger partial charge in [0.15, 0.2) is 5.16 Å². The van der Waals surface area contributed by atoms with Gasteiger partial charge in [0.05, 0.1) is 16.6 Å². The standard InChI is InChI=1S/C23H19BrN2OS/c1-2-16-9-13-19(14-10-16)26-22(27)20-5-3-4-6-21(20)25-23(26)28-15-17-7-11-18(24)12-8-17/h3-14H,2,15H2,1H3. The average molecular weight is 451 g/mol. The van der Waals surface area contributed by atoms with Gasteiger partial charge in [-0.05, 0) is 53.9 Å². The van der Waals surface area contributed by atoms with Gasteiger partial charge in [-0.3, -0.25) is 9.36 Å². The van der Waals surface area contributed by atoms with Gasteiger partial charge < -0.3 is 0 Å². The summed E-state index contributed by atoms with van der Waals surface area (Å²) in [6.07, 6.45) is 0.969. The Kier molecular flexibility index (Phi) is 5.64. The Labute approximate surface area is 176 Å². The Balaban J connectivity index is 1.80. The van der Waals surface area contributed by atoms with Crippen LogP contribution in [0.2, 0.25) is 0 Å². The van der Waals surface area contributed by atoms with Crippen molar-refractivity contribution in [3.05, 3.63) is 98.7 Å². The van der Waals surface area contributed by atoms with Gasteiger partial charge in [-0.15, -0.1) is 0 Å². The number of rotatable bonds is 5. The molecule has 0 saturated heterocycles. The monoisotopic (exact) mass is 450 g/mol. The molecule has 28 heavy (non-hydrogen) atoms. The van der Waals surface area contributed by atoms with Gasteiger partial charge in [-0.1, -0.05) is 71.0 Å². The molecule has 0 aliphatic heterocycles. The van der Waals surface area contributed by atoms with Crippen LogP contribution in [0.15, 0.2) is 87.2 Å². The van der Waals surface area contributed by atoms with E-state index in [4.69, 9.17) is 4.98 Å². The lowest BCUT2D eigenvalue weighted by molar-refractivity contribution is 0.819. The fourth-order valence-electron chi connectivity index (χ4n) is 3.05. The molecule has 0 aliphatic rings. The molecule has 0 spiro atoms. The van der Waals surface area contributed by atoms with Crippen molar-refractivity contribution in [2.75, 3.05) is 0 Å². The number of hydrogen-bond donors (Lipinski definition) is 0. The minimum atomic E-state index is -0.0341. The molecule has 0 aliphatic carbocycles. The van der Waals surface area contributed by atoms with Crippen molar-refractivity contribution in [2.45, 2.75) is 24.3 Å². The maximum absolute atomic E-state index is 13.3. The highest BCUT2D eigenvalue weighted by Crippen LogP contribution is 2.25. The third-order valence-corrected chi connectivity index (χ3v) is 6.17. The summed E-state index contributed by atoms with van der Waals surface area (Å²) < 4.78 is 2.78. The summed E-state index contributed by atoms with van der Waals surface area (Å²) in [5, 5.41) is 1.34. The van der Waals surface area contributed by atoms with Crippen LogP contribution in [-0.4, -0.2) is 9.55 Å². The Bertz CT molecular complexity index is 1170. The van der Waals surface area contributed by atoms with E-state index in [-0.39, 0.29) is 5.56 Å². The number of thioether (sulfide) groups is 1. The first kappa shape index (κ1) is 19.0. The van der Waals surface area contributed by atoms with Gasteiger partial charge in [0.25, 0.3) is 5.56 Å². The number of fused-ring (bicyclic) bond motifs is 1. The molecule has 140 valence electrons. The lowest BCUT2D eigenvalue weighted by Gasteiger charge is -2.13. The quantitative estimate of drug-likeness (QED) is 0.276. The highest BCUT2D eigenvalue weighted by Gasteiger charge is 2.13. The van der Waals surface area contributed by atoms with Crippen LogP contribution in [0, 0.1) is 0 Å². The van der Waals surface area contributed by atoms with E-state index < -0.39 is 0 Å². The first-order chi connectivity index (χ1) is 13.7. The molecular weight excluding hydrogens is 432 g/mol. The van der Waals surface area contributed by atoms with Crippen LogP contribution < -0.4 is 5.56 Å². The molecule has 0 fully saturated rings. The summed E-state index contributed by atoms with van der Waals surface area (Å²) in [7, 11) is 0. The Morgan fingerprint density at radius 1 is 0.929 bits per heavy atom. The van der Waals surface area contributed by atoms with Crippen LogP contribution >= 0.6 is 27.7 Å². The van der Waals surface area contributed by atoms with Crippen LogP contribution in [0.1, 0.15) is 18.1 Å². The third-order valence-electron chi connectivity index (χ3n) is 4.63. The largest absolute Gasteiger partial charge is 0.268 e. The second-order valence-corrected chi connectivity index (χ2v) is 8.35. The number of aromatic nitrogens is 2. The zero-order chi connectivity index (χ0) is 19.5. The van der Waals surface area contributed by atoms with Crippen LogP contribution in [0.25, 0.3) is 16.6 Å². The molecule has 3 aromatic carbocycles. The smallest absolute Gasteiger partial charge is 0.266 e. The first-order valence-electron chi connectivity index (χ1n) is 9.14. The van der Waals surface area contributed by atoms with Crippen LogP contribution in [-0.2, 0) is 12.2 Å². The number of hydrogen-bond acceptors (Lipinski definition) is 3. The zero-order valence-electron chi connectivity index (χ0n) is 15.4. The predicted octanol–water partition coefficient (Wildman–Crippen LogP) is 6.00. The van der Waals surface area contributed by atoms with E-state index >= 15 is 0 Å². The van der Waals surface area contributed by atoms with Crippen LogP contribution in [0.3, 0.4) is 0 Å². The topological polar surface area (TPSA) is 34.9 Å². The van der Waals surface area contributed by atoms with Crippen molar-refractivity contribution in [3.63, 3.8) is 0 Å². The van der Waals surface area contributed by atoms with Crippen molar-refractivity contribution in [2.24, 2.45) is 0 Å². The third kappa shape index (κ3) is 3.91. The van der Waals surface area contributed by atoms with E-state index in [9.17, 15) is 4.79 Å². The van der Waals surface area contributed by atoms with Crippen molar-refractivity contribution >= 4 is 38.6 Å². The molecule has 0 saturated carbocycles. The fourth-order valence-corrected chi connectivity index (χ4v) is 4.28. The van der Waals surface area contributed by atoms with E-state index in [0.717, 1.165) is 27.9 Å². The van der Waals surface area contributed by atoms with Crippen molar-refractivity contribution < 1.29 is 0 Å². The van der Waals surface area contributed by atoms with Gasteiger partial charge in [0.2, 0.25) is 0 Å². The lowest BCUT2D eigenvalue weighted by atomic mass is 10.1. The van der Waals surface area contributed by atoms with E-state index in [1.54, 1.807) is 16.3 Å². The van der Waals surface area contributed by atoms with Crippen LogP contribution in [0.5, 0.6) is 0 Å². The van der Waals surface area contributed by atoms with E-state index in [0.29, 0.717) is 10.5 Å².